The number of ketones is 1. The number of allylic oxidation sites excluding steroid dienone is 1. The van der Waals surface area contributed by atoms with Crippen molar-refractivity contribution in [2.45, 2.75) is 0 Å². The third-order valence-electron chi connectivity index (χ3n) is 3.73. The van der Waals surface area contributed by atoms with Crippen LogP contribution in [0.15, 0.2) is 78.9 Å². The van der Waals surface area contributed by atoms with Crippen LogP contribution < -0.4 is 4.74 Å². The largest absolute Gasteiger partial charge is 0.423 e. The number of halogens is 2. The van der Waals surface area contributed by atoms with Crippen LogP contribution in [0, 0.1) is 5.82 Å². The molecule has 0 aliphatic carbocycles. The van der Waals surface area contributed by atoms with Gasteiger partial charge in [0, 0.05) is 10.6 Å². The number of rotatable bonds is 5. The van der Waals surface area contributed by atoms with E-state index < -0.39 is 11.8 Å². The molecule has 3 nitrogen and oxygen atoms in total. The van der Waals surface area contributed by atoms with Gasteiger partial charge in [-0.05, 0) is 72.3 Å². The van der Waals surface area contributed by atoms with E-state index in [1.165, 1.54) is 42.5 Å². The van der Waals surface area contributed by atoms with E-state index in [0.29, 0.717) is 16.3 Å². The van der Waals surface area contributed by atoms with Gasteiger partial charge >= 0.3 is 5.97 Å². The molecule has 0 spiro atoms. The minimum Gasteiger partial charge on any atom is -0.423 e. The number of hydrogen-bond donors (Lipinski definition) is 0. The first-order chi connectivity index (χ1) is 13.0. The van der Waals surface area contributed by atoms with Crippen molar-refractivity contribution in [1.82, 2.24) is 0 Å². The van der Waals surface area contributed by atoms with E-state index in [9.17, 15) is 14.0 Å². The van der Waals surface area contributed by atoms with Crippen molar-refractivity contribution in [2.24, 2.45) is 0 Å². The van der Waals surface area contributed by atoms with Gasteiger partial charge in [-0.2, -0.15) is 0 Å². The van der Waals surface area contributed by atoms with E-state index in [1.807, 2.05) is 12.1 Å². The fourth-order valence-corrected chi connectivity index (χ4v) is 2.41. The predicted octanol–water partition coefficient (Wildman–Crippen LogP) is 5.59. The first-order valence-electron chi connectivity index (χ1n) is 8.07. The number of carbonyl (C=O) groups is 2. The zero-order valence-electron chi connectivity index (χ0n) is 14.1. The zero-order valence-corrected chi connectivity index (χ0v) is 14.8. The molecule has 0 bridgehead atoms. The van der Waals surface area contributed by atoms with Crippen LogP contribution in [0.1, 0.15) is 26.3 Å². The highest BCUT2D eigenvalue weighted by molar-refractivity contribution is 6.30. The number of carbonyl (C=O) groups excluding carboxylic acids is 2. The van der Waals surface area contributed by atoms with Gasteiger partial charge in [-0.25, -0.2) is 9.18 Å². The number of esters is 1. The van der Waals surface area contributed by atoms with Gasteiger partial charge in [0.05, 0.1) is 5.56 Å². The average Bonchev–Trinajstić information content (AvgIpc) is 2.68. The van der Waals surface area contributed by atoms with Gasteiger partial charge in [-0.15, -0.1) is 0 Å². The monoisotopic (exact) mass is 380 g/mol. The summed E-state index contributed by atoms with van der Waals surface area (Å²) in [7, 11) is 0. The Balaban J connectivity index is 1.64. The molecule has 134 valence electrons. The molecule has 3 aromatic rings. The Morgan fingerprint density at radius 3 is 2.04 bits per heavy atom. The molecule has 0 unspecified atom stereocenters. The highest BCUT2D eigenvalue weighted by atomic mass is 35.5. The molecule has 0 radical (unpaired) electrons. The van der Waals surface area contributed by atoms with Crippen molar-refractivity contribution >= 4 is 29.4 Å². The molecule has 5 heteroatoms. The summed E-state index contributed by atoms with van der Waals surface area (Å²) in [5.74, 6) is -0.915. The van der Waals surface area contributed by atoms with Crippen LogP contribution in [0.2, 0.25) is 5.02 Å². The zero-order chi connectivity index (χ0) is 19.2. The van der Waals surface area contributed by atoms with Crippen LogP contribution in [-0.4, -0.2) is 11.8 Å². The molecular weight excluding hydrogens is 367 g/mol. The third kappa shape index (κ3) is 5.12. The maximum atomic E-state index is 12.9. The van der Waals surface area contributed by atoms with Crippen LogP contribution >= 0.6 is 11.6 Å². The normalized spacial score (nSPS) is 10.7. The Hall–Kier alpha value is -3.24. The Labute approximate surface area is 160 Å². The molecule has 0 heterocycles. The lowest BCUT2D eigenvalue weighted by atomic mass is 10.1. The van der Waals surface area contributed by atoms with Crippen LogP contribution in [0.5, 0.6) is 5.75 Å². The van der Waals surface area contributed by atoms with Crippen molar-refractivity contribution in [3.8, 4) is 5.75 Å². The summed E-state index contributed by atoms with van der Waals surface area (Å²) in [6.07, 6.45) is 3.16. The standard InChI is InChI=1S/C22H14ClFO3/c23-18-8-1-15(2-9-18)3-14-21(25)16-6-12-20(13-7-16)27-22(26)17-4-10-19(24)11-5-17/h1-14H. The predicted molar refractivity (Wildman–Crippen MR) is 103 cm³/mol. The van der Waals surface area contributed by atoms with Crippen molar-refractivity contribution in [2.75, 3.05) is 0 Å². The fraction of sp³-hybridized carbons (Fsp3) is 0. The summed E-state index contributed by atoms with van der Waals surface area (Å²) in [5, 5.41) is 0.629. The lowest BCUT2D eigenvalue weighted by Gasteiger charge is -2.05. The van der Waals surface area contributed by atoms with Crippen molar-refractivity contribution < 1.29 is 18.7 Å². The van der Waals surface area contributed by atoms with Crippen molar-refractivity contribution in [3.05, 3.63) is 106 Å². The SMILES string of the molecule is O=C(C=Cc1ccc(Cl)cc1)c1ccc(OC(=O)c2ccc(F)cc2)cc1. The van der Waals surface area contributed by atoms with Gasteiger partial charge in [-0.3, -0.25) is 4.79 Å². The second-order valence-electron chi connectivity index (χ2n) is 5.67. The molecule has 3 aromatic carbocycles. The molecular formula is C22H14ClFO3. The lowest BCUT2D eigenvalue weighted by molar-refractivity contribution is 0.0734. The van der Waals surface area contributed by atoms with Crippen LogP contribution in [0.25, 0.3) is 6.08 Å². The van der Waals surface area contributed by atoms with Gasteiger partial charge in [0.15, 0.2) is 5.78 Å². The summed E-state index contributed by atoms with van der Waals surface area (Å²) in [4.78, 5) is 24.2. The van der Waals surface area contributed by atoms with E-state index in [2.05, 4.69) is 0 Å². The molecule has 27 heavy (non-hydrogen) atoms. The highest BCUT2D eigenvalue weighted by Crippen LogP contribution is 2.16. The maximum Gasteiger partial charge on any atom is 0.343 e. The van der Waals surface area contributed by atoms with Crippen molar-refractivity contribution in [3.63, 3.8) is 0 Å². The molecule has 0 amide bonds. The molecule has 0 aliphatic rings. The van der Waals surface area contributed by atoms with Gasteiger partial charge in [-0.1, -0.05) is 29.8 Å². The quantitative estimate of drug-likeness (QED) is 0.250. The van der Waals surface area contributed by atoms with E-state index in [-0.39, 0.29) is 11.3 Å². The van der Waals surface area contributed by atoms with E-state index in [4.69, 9.17) is 16.3 Å². The molecule has 0 saturated heterocycles. The fourth-order valence-electron chi connectivity index (χ4n) is 2.28. The third-order valence-corrected chi connectivity index (χ3v) is 3.98. The minimum atomic E-state index is -0.600. The molecule has 0 aliphatic heterocycles. The molecule has 3 rings (SSSR count). The smallest absolute Gasteiger partial charge is 0.343 e. The first-order valence-corrected chi connectivity index (χ1v) is 8.45. The summed E-state index contributed by atoms with van der Waals surface area (Å²) in [5.41, 5.74) is 1.56. The number of hydrogen-bond acceptors (Lipinski definition) is 3. The van der Waals surface area contributed by atoms with Gasteiger partial charge in [0.25, 0.3) is 0 Å². The molecule has 0 saturated carbocycles. The Bertz CT molecular complexity index is 976. The summed E-state index contributed by atoms with van der Waals surface area (Å²) < 4.78 is 18.1. The summed E-state index contributed by atoms with van der Waals surface area (Å²) >= 11 is 5.82. The molecule has 0 atom stereocenters. The Kier molecular flexibility index (Phi) is 5.79. The minimum absolute atomic E-state index is 0.179. The summed E-state index contributed by atoms with van der Waals surface area (Å²) in [6.45, 7) is 0. The van der Waals surface area contributed by atoms with Crippen molar-refractivity contribution in [1.29, 1.82) is 0 Å². The second kappa shape index (κ2) is 8.43. The molecule has 0 fully saturated rings. The van der Waals surface area contributed by atoms with Crippen LogP contribution in [0.4, 0.5) is 4.39 Å². The van der Waals surface area contributed by atoms with E-state index in [0.717, 1.165) is 5.56 Å². The lowest BCUT2D eigenvalue weighted by Crippen LogP contribution is -2.08. The molecule has 0 aromatic heterocycles. The Morgan fingerprint density at radius 2 is 1.41 bits per heavy atom. The van der Waals surface area contributed by atoms with Crippen LogP contribution in [-0.2, 0) is 0 Å². The van der Waals surface area contributed by atoms with E-state index in [1.54, 1.807) is 30.3 Å². The average molecular weight is 381 g/mol. The number of benzene rings is 3. The van der Waals surface area contributed by atoms with Gasteiger partial charge in [0.2, 0.25) is 0 Å². The maximum absolute atomic E-state index is 12.9. The molecule has 0 N–H and O–H groups in total. The van der Waals surface area contributed by atoms with Crippen LogP contribution in [0.3, 0.4) is 0 Å². The Morgan fingerprint density at radius 1 is 0.815 bits per heavy atom. The topological polar surface area (TPSA) is 43.4 Å². The van der Waals surface area contributed by atoms with Gasteiger partial charge in [0.1, 0.15) is 11.6 Å². The number of ether oxygens (including phenoxy) is 1. The van der Waals surface area contributed by atoms with Gasteiger partial charge < -0.3 is 4.74 Å². The second-order valence-corrected chi connectivity index (χ2v) is 6.11. The highest BCUT2D eigenvalue weighted by Gasteiger charge is 2.09. The summed E-state index contributed by atoms with van der Waals surface area (Å²) in [6, 6.07) is 18.4. The van der Waals surface area contributed by atoms with E-state index >= 15 is 0 Å². The first kappa shape index (κ1) is 18.5.